The van der Waals surface area contributed by atoms with Crippen LogP contribution >= 0.6 is 15.9 Å². The van der Waals surface area contributed by atoms with Crippen molar-refractivity contribution in [3.05, 3.63) is 22.6 Å². The second kappa shape index (κ2) is 4.67. The van der Waals surface area contributed by atoms with E-state index in [1.807, 2.05) is 18.7 Å². The van der Waals surface area contributed by atoms with Gasteiger partial charge in [-0.25, -0.2) is 9.37 Å². The molecule has 1 fully saturated rings. The zero-order chi connectivity index (χ0) is 11.7. The SMILES string of the molecule is CC1CN(c2ncc(Br)cc2F)C(C)CO1. The summed E-state index contributed by atoms with van der Waals surface area (Å²) in [5, 5.41) is 0. The first-order valence-corrected chi connectivity index (χ1v) is 6.06. The summed E-state index contributed by atoms with van der Waals surface area (Å²) in [6, 6.07) is 1.59. The molecule has 1 aliphatic rings. The number of halogens is 2. The average Bonchev–Trinajstić information content (AvgIpc) is 2.22. The second-order valence-corrected chi connectivity index (χ2v) is 5.02. The Labute approximate surface area is 103 Å². The summed E-state index contributed by atoms with van der Waals surface area (Å²) in [5.41, 5.74) is 0. The minimum atomic E-state index is -0.296. The third kappa shape index (κ3) is 2.35. The van der Waals surface area contributed by atoms with Crippen molar-refractivity contribution in [2.45, 2.75) is 26.0 Å². The Bertz CT molecular complexity index is 388. The van der Waals surface area contributed by atoms with E-state index in [1.54, 1.807) is 6.20 Å². The maximum absolute atomic E-state index is 13.8. The van der Waals surface area contributed by atoms with E-state index in [1.165, 1.54) is 6.07 Å². The molecule has 0 aliphatic carbocycles. The van der Waals surface area contributed by atoms with Gasteiger partial charge < -0.3 is 9.64 Å². The van der Waals surface area contributed by atoms with Crippen LogP contribution in [0.4, 0.5) is 10.2 Å². The number of aromatic nitrogens is 1. The molecule has 0 saturated carbocycles. The Morgan fingerprint density at radius 2 is 2.31 bits per heavy atom. The Morgan fingerprint density at radius 1 is 1.56 bits per heavy atom. The van der Waals surface area contributed by atoms with Gasteiger partial charge in [0, 0.05) is 17.2 Å². The van der Waals surface area contributed by atoms with Gasteiger partial charge in [-0.05, 0) is 35.8 Å². The van der Waals surface area contributed by atoms with Crippen LogP contribution in [0.5, 0.6) is 0 Å². The van der Waals surface area contributed by atoms with Gasteiger partial charge in [-0.1, -0.05) is 0 Å². The lowest BCUT2D eigenvalue weighted by atomic mass is 10.2. The molecule has 1 aromatic heterocycles. The van der Waals surface area contributed by atoms with Crippen molar-refractivity contribution >= 4 is 21.7 Å². The fourth-order valence-corrected chi connectivity index (χ4v) is 2.12. The van der Waals surface area contributed by atoms with Crippen LogP contribution < -0.4 is 4.90 Å². The predicted octanol–water partition coefficient (Wildman–Crippen LogP) is 2.60. The van der Waals surface area contributed by atoms with Crippen molar-refractivity contribution in [3.63, 3.8) is 0 Å². The molecule has 0 radical (unpaired) electrons. The normalized spacial score (nSPS) is 25.9. The summed E-state index contributed by atoms with van der Waals surface area (Å²) in [5.74, 6) is 0.112. The highest BCUT2D eigenvalue weighted by Crippen LogP contribution is 2.24. The highest BCUT2D eigenvalue weighted by Gasteiger charge is 2.26. The number of hydrogen-bond acceptors (Lipinski definition) is 3. The summed E-state index contributed by atoms with van der Waals surface area (Å²) in [6.07, 6.45) is 1.73. The fourth-order valence-electron chi connectivity index (χ4n) is 1.82. The molecule has 1 saturated heterocycles. The Morgan fingerprint density at radius 3 is 3.00 bits per heavy atom. The molecule has 0 spiro atoms. The van der Waals surface area contributed by atoms with Crippen molar-refractivity contribution in [1.82, 2.24) is 4.98 Å². The first-order valence-electron chi connectivity index (χ1n) is 5.27. The molecule has 2 atom stereocenters. The lowest BCUT2D eigenvalue weighted by Gasteiger charge is -2.37. The smallest absolute Gasteiger partial charge is 0.166 e. The van der Waals surface area contributed by atoms with E-state index in [2.05, 4.69) is 20.9 Å². The van der Waals surface area contributed by atoms with E-state index in [9.17, 15) is 4.39 Å². The Hall–Kier alpha value is -0.680. The molecule has 5 heteroatoms. The van der Waals surface area contributed by atoms with Crippen LogP contribution in [-0.2, 0) is 4.74 Å². The molecule has 3 nitrogen and oxygen atoms in total. The molecule has 2 unspecified atom stereocenters. The monoisotopic (exact) mass is 288 g/mol. The third-order valence-corrected chi connectivity index (χ3v) is 3.10. The standard InChI is InChI=1S/C11H14BrFN2O/c1-7-6-16-8(2)5-15(7)11-10(13)3-9(12)4-14-11/h3-4,7-8H,5-6H2,1-2H3. The molecular formula is C11H14BrFN2O. The van der Waals surface area contributed by atoms with Crippen molar-refractivity contribution in [2.75, 3.05) is 18.1 Å². The van der Waals surface area contributed by atoms with Crippen molar-refractivity contribution < 1.29 is 9.13 Å². The van der Waals surface area contributed by atoms with E-state index in [-0.39, 0.29) is 18.0 Å². The number of pyridine rings is 1. The van der Waals surface area contributed by atoms with Gasteiger partial charge in [0.05, 0.1) is 18.8 Å². The maximum Gasteiger partial charge on any atom is 0.166 e. The highest BCUT2D eigenvalue weighted by molar-refractivity contribution is 9.10. The molecule has 2 rings (SSSR count). The van der Waals surface area contributed by atoms with Crippen molar-refractivity contribution in [1.29, 1.82) is 0 Å². The molecule has 16 heavy (non-hydrogen) atoms. The number of nitrogens with zero attached hydrogens (tertiary/aromatic N) is 2. The summed E-state index contributed by atoms with van der Waals surface area (Å²) >= 11 is 3.20. The van der Waals surface area contributed by atoms with Gasteiger partial charge in [-0.2, -0.15) is 0 Å². The van der Waals surface area contributed by atoms with Gasteiger partial charge in [0.15, 0.2) is 11.6 Å². The van der Waals surface area contributed by atoms with E-state index >= 15 is 0 Å². The molecule has 0 amide bonds. The van der Waals surface area contributed by atoms with Crippen LogP contribution in [-0.4, -0.2) is 30.3 Å². The first kappa shape index (κ1) is 11.8. The van der Waals surface area contributed by atoms with Gasteiger partial charge in [0.1, 0.15) is 0 Å². The lowest BCUT2D eigenvalue weighted by Crippen LogP contribution is -2.48. The van der Waals surface area contributed by atoms with Gasteiger partial charge in [0.2, 0.25) is 0 Å². The van der Waals surface area contributed by atoms with Gasteiger partial charge >= 0.3 is 0 Å². The largest absolute Gasteiger partial charge is 0.375 e. The topological polar surface area (TPSA) is 25.4 Å². The number of anilines is 1. The van der Waals surface area contributed by atoms with Crippen LogP contribution in [0, 0.1) is 5.82 Å². The molecule has 88 valence electrons. The fraction of sp³-hybridized carbons (Fsp3) is 0.545. The lowest BCUT2D eigenvalue weighted by molar-refractivity contribution is 0.0337. The molecule has 1 aromatic rings. The molecule has 2 heterocycles. The maximum atomic E-state index is 13.8. The van der Waals surface area contributed by atoms with Crippen molar-refractivity contribution in [2.24, 2.45) is 0 Å². The van der Waals surface area contributed by atoms with Gasteiger partial charge in [-0.3, -0.25) is 0 Å². The number of hydrogen-bond donors (Lipinski definition) is 0. The Kier molecular flexibility index (Phi) is 3.44. The summed E-state index contributed by atoms with van der Waals surface area (Å²) in [7, 11) is 0. The average molecular weight is 289 g/mol. The van der Waals surface area contributed by atoms with E-state index < -0.39 is 0 Å². The molecule has 1 aliphatic heterocycles. The first-order chi connectivity index (χ1) is 7.58. The predicted molar refractivity (Wildman–Crippen MR) is 64.1 cm³/mol. The van der Waals surface area contributed by atoms with Crippen molar-refractivity contribution in [3.8, 4) is 0 Å². The van der Waals surface area contributed by atoms with Gasteiger partial charge in [0.25, 0.3) is 0 Å². The van der Waals surface area contributed by atoms with Crippen LogP contribution in [0.1, 0.15) is 13.8 Å². The highest BCUT2D eigenvalue weighted by atomic mass is 79.9. The third-order valence-electron chi connectivity index (χ3n) is 2.67. The minimum Gasteiger partial charge on any atom is -0.375 e. The number of rotatable bonds is 1. The number of ether oxygens (including phenoxy) is 1. The molecule has 0 N–H and O–H groups in total. The Balaban J connectivity index is 2.28. The second-order valence-electron chi connectivity index (χ2n) is 4.10. The zero-order valence-corrected chi connectivity index (χ0v) is 10.9. The number of morpholine rings is 1. The van der Waals surface area contributed by atoms with E-state index in [0.29, 0.717) is 23.4 Å². The van der Waals surface area contributed by atoms with Crippen LogP contribution in [0.2, 0.25) is 0 Å². The van der Waals surface area contributed by atoms with E-state index in [4.69, 9.17) is 4.74 Å². The van der Waals surface area contributed by atoms with Crippen LogP contribution in [0.15, 0.2) is 16.7 Å². The van der Waals surface area contributed by atoms with Crippen LogP contribution in [0.3, 0.4) is 0 Å². The molecule has 0 bridgehead atoms. The quantitative estimate of drug-likeness (QED) is 0.794. The zero-order valence-electron chi connectivity index (χ0n) is 9.28. The summed E-state index contributed by atoms with van der Waals surface area (Å²) in [6.45, 7) is 5.27. The molecule has 0 aromatic carbocycles. The summed E-state index contributed by atoms with van der Waals surface area (Å²) < 4.78 is 19.9. The van der Waals surface area contributed by atoms with Gasteiger partial charge in [-0.15, -0.1) is 0 Å². The summed E-state index contributed by atoms with van der Waals surface area (Å²) in [4.78, 5) is 6.09. The van der Waals surface area contributed by atoms with Crippen LogP contribution in [0.25, 0.3) is 0 Å². The minimum absolute atomic E-state index is 0.112. The molecular weight excluding hydrogens is 275 g/mol. The van der Waals surface area contributed by atoms with E-state index in [0.717, 1.165) is 0 Å².